The van der Waals surface area contributed by atoms with Crippen molar-refractivity contribution in [1.82, 2.24) is 10.6 Å². The van der Waals surface area contributed by atoms with E-state index in [2.05, 4.69) is 10.6 Å². The topological polar surface area (TPSA) is 725 Å². The van der Waals surface area contributed by atoms with Gasteiger partial charge in [0.25, 0.3) is 0 Å². The average Bonchev–Trinajstić information content (AvgIpc) is 0.763. The zero-order valence-electron chi connectivity index (χ0n) is 62.9. The number of carbonyl (C=O) groups is 3. The van der Waals surface area contributed by atoms with Gasteiger partial charge in [-0.2, -0.15) is 0 Å². The minimum atomic E-state index is -2.40. The van der Waals surface area contributed by atoms with Gasteiger partial charge in [0, 0.05) is 20.8 Å². The van der Waals surface area contributed by atoms with Crippen LogP contribution in [0.4, 0.5) is 0 Å². The van der Waals surface area contributed by atoms with Crippen molar-refractivity contribution in [2.24, 2.45) is 0 Å². The molecule has 0 bridgehead atoms. The third-order valence-electron chi connectivity index (χ3n) is 21.7. The predicted molar refractivity (Wildman–Crippen MR) is 354 cm³/mol. The third-order valence-corrected chi connectivity index (χ3v) is 21.7. The molecule has 114 heavy (non-hydrogen) atoms. The lowest BCUT2D eigenvalue weighted by Crippen LogP contribution is -2.71. The summed E-state index contributed by atoms with van der Waals surface area (Å²) in [6.07, 6.45) is -93.9. The van der Waals surface area contributed by atoms with E-state index < -0.39 is 351 Å². The first-order chi connectivity index (χ1) is 53.6. The summed E-state index contributed by atoms with van der Waals surface area (Å²) >= 11 is 0. The standard InChI is InChI=1S/C66H110N2O46/c1-14-29(75)37(83)43(89)59(96-14)113-55-41(87)31(77)15(2)97-64(55)110-53-47(93)63(101-19(6)49(53)107-61-45(91)39(85)34(80)24(11-70)104-61)109-51-28(68-21(8)73)58(105-26(36(51)82)13-95-22(9)74)112-54-40(86)30(76)17(4)99-66(54)114-56-42(88)32(78)16(3)98-65(56)111-52-46(92)62(108-50-27(67-20(7)72)57(94)102-25(12-71)35(50)81)100-18(5)48(52)106-60-44(90)38(84)33(79)23(10-69)103-60/h14-19,23-66,69-71,75-94H,10-13H2,1-9H3,(H,67,72)(H,68,73). The summed E-state index contributed by atoms with van der Waals surface area (Å²) in [6, 6.07) is -3.67. The van der Waals surface area contributed by atoms with E-state index in [1.165, 1.54) is 41.5 Å². The van der Waals surface area contributed by atoms with Gasteiger partial charge in [0.1, 0.15) is 214 Å². The van der Waals surface area contributed by atoms with Crippen LogP contribution in [-0.2, 0) is 109 Å². The Labute approximate surface area is 649 Å². The van der Waals surface area contributed by atoms with Gasteiger partial charge in [0.15, 0.2) is 62.9 Å². The molecule has 0 spiro atoms. The van der Waals surface area contributed by atoms with Gasteiger partial charge >= 0.3 is 5.97 Å². The molecule has 10 saturated heterocycles. The second-order valence-electron chi connectivity index (χ2n) is 30.0. The average molecular weight is 1670 g/mol. The van der Waals surface area contributed by atoms with Crippen molar-refractivity contribution < 1.29 is 227 Å². The molecular formula is C66H110N2O46. The van der Waals surface area contributed by atoms with Crippen molar-refractivity contribution >= 4 is 17.8 Å². The van der Waals surface area contributed by atoms with Crippen LogP contribution >= 0.6 is 0 Å². The van der Waals surface area contributed by atoms with E-state index in [1.807, 2.05) is 0 Å². The number of esters is 1. The van der Waals surface area contributed by atoms with Crippen molar-refractivity contribution in [2.75, 3.05) is 26.4 Å². The van der Waals surface area contributed by atoms with E-state index in [0.717, 1.165) is 20.8 Å². The Morgan fingerprint density at radius 3 is 0.912 bits per heavy atom. The normalized spacial score (nSPS) is 52.4. The molecule has 48 heteroatoms. The Balaban J connectivity index is 0.984. The number of hydrogen-bond acceptors (Lipinski definition) is 46. The van der Waals surface area contributed by atoms with Gasteiger partial charge in [-0.15, -0.1) is 0 Å². The summed E-state index contributed by atoms with van der Waals surface area (Å²) in [5, 5.41) is 264. The maximum atomic E-state index is 13.6. The monoisotopic (exact) mass is 1670 g/mol. The molecule has 50 unspecified atom stereocenters. The largest absolute Gasteiger partial charge is 0.463 e. The Kier molecular flexibility index (Phi) is 32.0. The molecule has 10 aliphatic rings. The Bertz CT molecular complexity index is 3060. The number of carbonyl (C=O) groups excluding carboxylic acids is 3. The first-order valence-corrected chi connectivity index (χ1v) is 37.2. The SMILES string of the molecule is CC(=O)NC1C(O)OC(CO)C(O)C1OC1OC(C)C(OC2OC(CO)C(O)C(O)C2O)C(OC2OC(C)C(O)C(O)C2OC2OC(C)C(O)C(O)C2OC2OC(COC(C)=O)C(O)C(OC3OC(C)C(OC4OC(CO)C(O)C(O)C4O)C(OC4OC(C)C(O)C(O)C4OC4OC(C)C(O)C(O)C4O)C3O)C2NC(C)=O)C1O. The van der Waals surface area contributed by atoms with Crippen LogP contribution in [0.5, 0.6) is 0 Å². The summed E-state index contributed by atoms with van der Waals surface area (Å²) in [5.74, 6) is -2.76. The molecule has 2 amide bonds. The molecule has 0 radical (unpaired) electrons. The maximum Gasteiger partial charge on any atom is 0.302 e. The molecule has 0 aromatic carbocycles. The van der Waals surface area contributed by atoms with Gasteiger partial charge in [0.05, 0.1) is 56.4 Å². The van der Waals surface area contributed by atoms with Crippen molar-refractivity contribution in [2.45, 2.75) is 369 Å². The van der Waals surface area contributed by atoms with Crippen LogP contribution < -0.4 is 10.6 Å². The fourth-order valence-electron chi connectivity index (χ4n) is 15.1. The van der Waals surface area contributed by atoms with E-state index in [-0.39, 0.29) is 0 Å². The minimum Gasteiger partial charge on any atom is -0.463 e. The fraction of sp³-hybridized carbons (Fsp3) is 0.955. The fourth-order valence-corrected chi connectivity index (χ4v) is 15.1. The van der Waals surface area contributed by atoms with Crippen LogP contribution in [0.25, 0.3) is 0 Å². The number of aliphatic hydroxyl groups is 23. The highest BCUT2D eigenvalue weighted by atomic mass is 16.8. The lowest BCUT2D eigenvalue weighted by atomic mass is 9.94. The van der Waals surface area contributed by atoms with Crippen LogP contribution in [0.3, 0.4) is 0 Å². The van der Waals surface area contributed by atoms with E-state index >= 15 is 0 Å². The van der Waals surface area contributed by atoms with Gasteiger partial charge in [-0.05, 0) is 41.5 Å². The van der Waals surface area contributed by atoms with Gasteiger partial charge in [0.2, 0.25) is 11.8 Å². The summed E-state index contributed by atoms with van der Waals surface area (Å²) in [6.45, 7) is 6.70. The van der Waals surface area contributed by atoms with Crippen molar-refractivity contribution in [1.29, 1.82) is 0 Å². The Morgan fingerprint density at radius 1 is 0.254 bits per heavy atom. The zero-order valence-corrected chi connectivity index (χ0v) is 62.9. The van der Waals surface area contributed by atoms with Gasteiger partial charge in [-0.25, -0.2) is 0 Å². The highest BCUT2D eigenvalue weighted by Crippen LogP contribution is 2.42. The van der Waals surface area contributed by atoms with Crippen molar-refractivity contribution in [3.05, 3.63) is 0 Å². The second-order valence-corrected chi connectivity index (χ2v) is 30.0. The van der Waals surface area contributed by atoms with Crippen LogP contribution in [0.15, 0.2) is 0 Å². The molecule has 0 saturated carbocycles. The van der Waals surface area contributed by atoms with Gasteiger partial charge < -0.3 is 223 Å². The van der Waals surface area contributed by atoms with Crippen molar-refractivity contribution in [3.8, 4) is 0 Å². The van der Waals surface area contributed by atoms with Crippen LogP contribution in [0, 0.1) is 0 Å². The molecule has 0 aromatic rings. The number of ether oxygens (including phenoxy) is 20. The third kappa shape index (κ3) is 19.9. The van der Waals surface area contributed by atoms with Crippen LogP contribution in [-0.4, -0.2) is 469 Å². The van der Waals surface area contributed by atoms with E-state index in [4.69, 9.17) is 94.7 Å². The smallest absolute Gasteiger partial charge is 0.302 e. The second kappa shape index (κ2) is 39.3. The first kappa shape index (κ1) is 93.0. The van der Waals surface area contributed by atoms with E-state index in [9.17, 15) is 132 Å². The summed E-state index contributed by atoms with van der Waals surface area (Å²) in [7, 11) is 0. The van der Waals surface area contributed by atoms with Gasteiger partial charge in [-0.3, -0.25) is 14.4 Å². The molecule has 660 valence electrons. The number of amides is 2. The summed E-state index contributed by atoms with van der Waals surface area (Å²) in [4.78, 5) is 38.6. The molecule has 25 N–H and O–H groups in total. The number of hydrogen-bond donors (Lipinski definition) is 25. The predicted octanol–water partition coefficient (Wildman–Crippen LogP) is -15.8. The molecule has 0 aliphatic carbocycles. The molecule has 10 fully saturated rings. The Hall–Kier alpha value is -3.27. The maximum absolute atomic E-state index is 13.6. The lowest BCUT2D eigenvalue weighted by molar-refractivity contribution is -0.411. The molecular weight excluding hydrogens is 1560 g/mol. The number of nitrogens with one attached hydrogen (secondary N) is 2. The van der Waals surface area contributed by atoms with Crippen LogP contribution in [0.1, 0.15) is 62.3 Å². The summed E-state index contributed by atoms with van der Waals surface area (Å²) < 4.78 is 121. The minimum absolute atomic E-state index is 0.795. The molecule has 48 nitrogen and oxygen atoms in total. The van der Waals surface area contributed by atoms with Gasteiger partial charge in [-0.1, -0.05) is 0 Å². The van der Waals surface area contributed by atoms with E-state index in [1.54, 1.807) is 0 Å². The Morgan fingerprint density at radius 2 is 0.526 bits per heavy atom. The molecule has 10 rings (SSSR count). The van der Waals surface area contributed by atoms with Crippen molar-refractivity contribution in [3.63, 3.8) is 0 Å². The lowest BCUT2D eigenvalue weighted by Gasteiger charge is -2.52. The molecule has 0 aromatic heterocycles. The van der Waals surface area contributed by atoms with Crippen LogP contribution in [0.2, 0.25) is 0 Å². The molecule has 10 aliphatic heterocycles. The molecule has 10 heterocycles. The first-order valence-electron chi connectivity index (χ1n) is 37.2. The quantitative estimate of drug-likeness (QED) is 0.0377. The highest BCUT2D eigenvalue weighted by molar-refractivity contribution is 5.73. The van der Waals surface area contributed by atoms with E-state index in [0.29, 0.717) is 0 Å². The number of aliphatic hydroxyl groups excluding tert-OH is 23. The molecule has 50 atom stereocenters. The summed E-state index contributed by atoms with van der Waals surface area (Å²) in [5.41, 5.74) is 0. The number of rotatable bonds is 25. The zero-order chi connectivity index (χ0) is 84.0. The highest BCUT2D eigenvalue weighted by Gasteiger charge is 2.62.